The number of aromatic nitrogens is 2. The third-order valence-electron chi connectivity index (χ3n) is 2.87. The molecule has 0 saturated carbocycles. The van der Waals surface area contributed by atoms with Crippen molar-refractivity contribution >= 4 is 11.9 Å². The largest absolute Gasteiger partial charge is 0.467 e. The van der Waals surface area contributed by atoms with Crippen molar-refractivity contribution in [3.8, 4) is 0 Å². The number of methoxy groups -OCH3 is 1. The minimum atomic E-state index is -0.706. The lowest BCUT2D eigenvalue weighted by Crippen LogP contribution is -2.39. The van der Waals surface area contributed by atoms with Crippen LogP contribution < -0.4 is 10.9 Å². The molecule has 0 aliphatic carbocycles. The summed E-state index contributed by atoms with van der Waals surface area (Å²) in [4.78, 5) is 41.4. The second kappa shape index (κ2) is 6.83. The first-order valence-electron chi connectivity index (χ1n) is 6.28. The average molecular weight is 281 g/mol. The van der Waals surface area contributed by atoms with E-state index < -0.39 is 12.0 Å². The predicted octanol–water partition coefficient (Wildman–Crippen LogP) is -0.00296. The van der Waals surface area contributed by atoms with E-state index in [9.17, 15) is 14.4 Å². The predicted molar refractivity (Wildman–Crippen MR) is 72.3 cm³/mol. The number of aromatic amines is 1. The van der Waals surface area contributed by atoms with Crippen molar-refractivity contribution < 1.29 is 14.3 Å². The average Bonchev–Trinajstić information content (AvgIpc) is 2.36. The molecule has 0 spiro atoms. The molecule has 1 unspecified atom stereocenters. The van der Waals surface area contributed by atoms with Gasteiger partial charge in [0.2, 0.25) is 5.91 Å². The summed E-state index contributed by atoms with van der Waals surface area (Å²) in [5.41, 5.74) is 0.861. The highest BCUT2D eigenvalue weighted by molar-refractivity contribution is 5.84. The molecule has 1 aromatic heterocycles. The van der Waals surface area contributed by atoms with E-state index in [-0.39, 0.29) is 24.3 Å². The van der Waals surface area contributed by atoms with Gasteiger partial charge in [-0.25, -0.2) is 9.78 Å². The minimum absolute atomic E-state index is 0.107. The SMILES string of the molecule is COC(=O)C(C)NC(=O)CCc1c(C)nc(C)[nH]c1=O. The number of rotatable bonds is 5. The Hall–Kier alpha value is -2.18. The summed E-state index contributed by atoms with van der Waals surface area (Å²) in [6.07, 6.45) is 0.379. The van der Waals surface area contributed by atoms with Crippen LogP contribution in [0.5, 0.6) is 0 Å². The van der Waals surface area contributed by atoms with Crippen molar-refractivity contribution in [2.24, 2.45) is 0 Å². The molecule has 0 aliphatic heterocycles. The number of amides is 1. The number of carbonyl (C=O) groups is 2. The summed E-state index contributed by atoms with van der Waals surface area (Å²) in [7, 11) is 1.26. The number of ether oxygens (including phenoxy) is 1. The zero-order valence-corrected chi connectivity index (χ0v) is 12.1. The van der Waals surface area contributed by atoms with Gasteiger partial charge >= 0.3 is 5.97 Å². The summed E-state index contributed by atoms with van der Waals surface area (Å²) in [5.74, 6) is -0.285. The lowest BCUT2D eigenvalue weighted by Gasteiger charge is -2.11. The first kappa shape index (κ1) is 15.9. The second-order valence-corrected chi connectivity index (χ2v) is 4.53. The molecule has 1 heterocycles. The number of hydrogen-bond donors (Lipinski definition) is 2. The molecule has 7 heteroatoms. The van der Waals surface area contributed by atoms with Gasteiger partial charge in [-0.15, -0.1) is 0 Å². The van der Waals surface area contributed by atoms with E-state index in [0.717, 1.165) is 0 Å². The number of carbonyl (C=O) groups excluding carboxylic acids is 2. The van der Waals surface area contributed by atoms with Crippen molar-refractivity contribution in [1.82, 2.24) is 15.3 Å². The van der Waals surface area contributed by atoms with E-state index in [2.05, 4.69) is 20.0 Å². The van der Waals surface area contributed by atoms with Gasteiger partial charge in [-0.05, 0) is 27.2 Å². The van der Waals surface area contributed by atoms with Gasteiger partial charge in [-0.1, -0.05) is 0 Å². The number of esters is 1. The molecule has 1 amide bonds. The molecule has 7 nitrogen and oxygen atoms in total. The van der Waals surface area contributed by atoms with Crippen LogP contribution in [0.1, 0.15) is 30.4 Å². The van der Waals surface area contributed by atoms with Crippen molar-refractivity contribution in [3.05, 3.63) is 27.4 Å². The number of nitrogens with one attached hydrogen (secondary N) is 2. The van der Waals surface area contributed by atoms with Crippen LogP contribution in [0.4, 0.5) is 0 Å². The minimum Gasteiger partial charge on any atom is -0.467 e. The Morgan fingerprint density at radius 1 is 1.40 bits per heavy atom. The fourth-order valence-electron chi connectivity index (χ4n) is 1.83. The van der Waals surface area contributed by atoms with Gasteiger partial charge in [0.1, 0.15) is 11.9 Å². The normalized spacial score (nSPS) is 11.8. The fourth-order valence-corrected chi connectivity index (χ4v) is 1.83. The maximum atomic E-state index is 11.7. The van der Waals surface area contributed by atoms with Gasteiger partial charge in [-0.3, -0.25) is 9.59 Å². The molecule has 0 radical (unpaired) electrons. The third-order valence-corrected chi connectivity index (χ3v) is 2.87. The molecule has 2 N–H and O–H groups in total. The van der Waals surface area contributed by atoms with E-state index >= 15 is 0 Å². The summed E-state index contributed by atoms with van der Waals surface area (Å²) in [5, 5.41) is 2.50. The van der Waals surface area contributed by atoms with Crippen LogP contribution in [-0.2, 0) is 20.7 Å². The molecular weight excluding hydrogens is 262 g/mol. The van der Waals surface area contributed by atoms with Crippen LogP contribution in [0.15, 0.2) is 4.79 Å². The number of nitrogens with zero attached hydrogens (tertiary/aromatic N) is 1. The van der Waals surface area contributed by atoms with E-state index in [1.54, 1.807) is 13.8 Å². The van der Waals surface area contributed by atoms with Crippen molar-refractivity contribution in [3.63, 3.8) is 0 Å². The van der Waals surface area contributed by atoms with Crippen LogP contribution in [0.3, 0.4) is 0 Å². The van der Waals surface area contributed by atoms with Gasteiger partial charge in [0.05, 0.1) is 7.11 Å². The summed E-state index contributed by atoms with van der Waals surface area (Å²) in [6.45, 7) is 4.96. The van der Waals surface area contributed by atoms with Gasteiger partial charge in [-0.2, -0.15) is 0 Å². The van der Waals surface area contributed by atoms with Crippen molar-refractivity contribution in [2.45, 2.75) is 39.7 Å². The molecule has 0 aromatic carbocycles. The Balaban J connectivity index is 2.62. The highest BCUT2D eigenvalue weighted by Gasteiger charge is 2.16. The lowest BCUT2D eigenvalue weighted by molar-refractivity contribution is -0.144. The van der Waals surface area contributed by atoms with Crippen LogP contribution in [-0.4, -0.2) is 35.0 Å². The van der Waals surface area contributed by atoms with E-state index in [1.165, 1.54) is 14.0 Å². The molecule has 1 aromatic rings. The Labute approximate surface area is 116 Å². The first-order valence-corrected chi connectivity index (χ1v) is 6.28. The molecule has 0 aliphatic rings. The van der Waals surface area contributed by atoms with Gasteiger partial charge in [0.25, 0.3) is 5.56 Å². The van der Waals surface area contributed by atoms with E-state index in [4.69, 9.17) is 0 Å². The molecule has 0 fully saturated rings. The van der Waals surface area contributed by atoms with Gasteiger partial charge in [0, 0.05) is 17.7 Å². The molecular formula is C13H19N3O4. The Kier molecular flexibility index (Phi) is 5.42. The Morgan fingerprint density at radius 3 is 2.60 bits per heavy atom. The fraction of sp³-hybridized carbons (Fsp3) is 0.538. The smallest absolute Gasteiger partial charge is 0.328 e. The molecule has 1 atom stereocenters. The summed E-state index contributed by atoms with van der Waals surface area (Å²) < 4.78 is 4.51. The Bertz CT molecular complexity index is 565. The molecule has 1 rings (SSSR count). The topological polar surface area (TPSA) is 101 Å². The van der Waals surface area contributed by atoms with Crippen LogP contribution in [0.2, 0.25) is 0 Å². The first-order chi connectivity index (χ1) is 9.35. The van der Waals surface area contributed by atoms with Crippen LogP contribution in [0, 0.1) is 13.8 Å². The Morgan fingerprint density at radius 2 is 2.05 bits per heavy atom. The van der Waals surface area contributed by atoms with E-state index in [1.807, 2.05) is 0 Å². The lowest BCUT2D eigenvalue weighted by atomic mass is 10.1. The molecule has 20 heavy (non-hydrogen) atoms. The van der Waals surface area contributed by atoms with Gasteiger partial charge in [0.15, 0.2) is 0 Å². The molecule has 0 saturated heterocycles. The number of aryl methyl sites for hydroxylation is 2. The zero-order valence-electron chi connectivity index (χ0n) is 12.1. The highest BCUT2D eigenvalue weighted by Crippen LogP contribution is 2.02. The maximum absolute atomic E-state index is 11.7. The quantitative estimate of drug-likeness (QED) is 0.740. The molecule has 110 valence electrons. The number of hydrogen-bond acceptors (Lipinski definition) is 5. The monoisotopic (exact) mass is 281 g/mol. The van der Waals surface area contributed by atoms with Gasteiger partial charge < -0.3 is 15.0 Å². The summed E-state index contributed by atoms with van der Waals surface area (Å²) in [6, 6.07) is -0.706. The third kappa shape index (κ3) is 4.18. The zero-order chi connectivity index (χ0) is 15.3. The van der Waals surface area contributed by atoms with Crippen molar-refractivity contribution in [1.29, 1.82) is 0 Å². The molecule has 0 bridgehead atoms. The van der Waals surface area contributed by atoms with Crippen LogP contribution in [0.25, 0.3) is 0 Å². The number of H-pyrrole nitrogens is 1. The van der Waals surface area contributed by atoms with Crippen molar-refractivity contribution in [2.75, 3.05) is 7.11 Å². The highest BCUT2D eigenvalue weighted by atomic mass is 16.5. The summed E-state index contributed by atoms with van der Waals surface area (Å²) >= 11 is 0. The van der Waals surface area contributed by atoms with E-state index in [0.29, 0.717) is 17.1 Å². The standard InChI is InChI=1S/C13H19N3O4/c1-7-10(12(18)16-9(3)14-7)5-6-11(17)15-8(2)13(19)20-4/h8H,5-6H2,1-4H3,(H,15,17)(H,14,16,18). The van der Waals surface area contributed by atoms with Crippen LogP contribution >= 0.6 is 0 Å². The maximum Gasteiger partial charge on any atom is 0.328 e. The second-order valence-electron chi connectivity index (χ2n) is 4.53.